The highest BCUT2D eigenvalue weighted by Gasteiger charge is 2.36. The van der Waals surface area contributed by atoms with Crippen molar-refractivity contribution in [2.45, 2.75) is 98.9 Å². The van der Waals surface area contributed by atoms with Crippen LogP contribution in [0, 0.1) is 17.8 Å². The summed E-state index contributed by atoms with van der Waals surface area (Å²) in [4.78, 5) is 71.8. The van der Waals surface area contributed by atoms with Crippen molar-refractivity contribution in [2.75, 3.05) is 34.5 Å². The number of aromatic amines is 2. The zero-order chi connectivity index (χ0) is 45.1. The molecule has 6 atom stereocenters. The van der Waals surface area contributed by atoms with E-state index in [9.17, 15) is 19.2 Å². The maximum atomic E-state index is 14.0. The second-order valence-electron chi connectivity index (χ2n) is 16.2. The highest BCUT2D eigenvalue weighted by atomic mass is 35.5. The van der Waals surface area contributed by atoms with Gasteiger partial charge in [-0.15, -0.1) is 0 Å². The van der Waals surface area contributed by atoms with Crippen molar-refractivity contribution in [3.8, 4) is 33.6 Å². The molecule has 0 aliphatic rings. The highest BCUT2D eigenvalue weighted by Crippen LogP contribution is 2.33. The Labute approximate surface area is 364 Å². The molecule has 0 fully saturated rings. The molecule has 0 radical (unpaired) electrons. The van der Waals surface area contributed by atoms with Crippen LogP contribution in [0.25, 0.3) is 33.6 Å². The number of nitrogens with one attached hydrogen (secondary N) is 4. The lowest BCUT2D eigenvalue weighted by Gasteiger charge is -2.37. The minimum Gasteiger partial charge on any atom is -0.453 e. The molecule has 16 heteroatoms. The molecule has 0 saturated carbocycles. The first-order valence-electron chi connectivity index (χ1n) is 20.8. The van der Waals surface area contributed by atoms with E-state index in [-0.39, 0.29) is 35.6 Å². The number of amides is 4. The van der Waals surface area contributed by atoms with Crippen molar-refractivity contribution in [1.82, 2.24) is 40.4 Å². The largest absolute Gasteiger partial charge is 0.453 e. The molecule has 2 aromatic heterocycles. The predicted octanol–water partition coefficient (Wildman–Crippen LogP) is 8.41. The lowest BCUT2D eigenvalue weighted by atomic mass is 10.00. The van der Waals surface area contributed by atoms with Gasteiger partial charge in [-0.05, 0) is 61.6 Å². The fourth-order valence-corrected chi connectivity index (χ4v) is 7.48. The summed E-state index contributed by atoms with van der Waals surface area (Å²) < 4.78 is 15.0. The van der Waals surface area contributed by atoms with Gasteiger partial charge in [0.1, 0.15) is 34.6 Å². The van der Waals surface area contributed by atoms with E-state index in [0.717, 1.165) is 34.4 Å². The van der Waals surface area contributed by atoms with E-state index in [1.54, 1.807) is 23.1 Å². The Balaban J connectivity index is 1.53. The fraction of sp³-hybridized carbons (Fsp3) is 0.511. The molecule has 61 heavy (non-hydrogen) atoms. The maximum Gasteiger partial charge on any atom is 0.407 e. The normalized spacial score (nSPS) is 14.4. The van der Waals surface area contributed by atoms with Crippen molar-refractivity contribution < 1.29 is 33.4 Å². The van der Waals surface area contributed by atoms with Crippen LogP contribution in [0.3, 0.4) is 0 Å². The Kier molecular flexibility index (Phi) is 17.3. The van der Waals surface area contributed by atoms with Crippen LogP contribution in [0.2, 0.25) is 5.15 Å². The Hall–Kier alpha value is -5.41. The molecule has 0 aliphatic carbocycles. The van der Waals surface area contributed by atoms with Gasteiger partial charge in [0.2, 0.25) is 11.8 Å². The maximum absolute atomic E-state index is 14.0. The summed E-state index contributed by atoms with van der Waals surface area (Å²) >= 11 is 6.76. The van der Waals surface area contributed by atoms with Gasteiger partial charge in [-0.3, -0.25) is 9.59 Å². The van der Waals surface area contributed by atoms with Crippen molar-refractivity contribution >= 4 is 35.6 Å². The zero-order valence-corrected chi connectivity index (χ0v) is 38.2. The number of ether oxygens (including phenoxy) is 3. The quantitative estimate of drug-likeness (QED) is 0.0719. The van der Waals surface area contributed by atoms with Crippen molar-refractivity contribution in [2.24, 2.45) is 17.8 Å². The molecule has 4 amide bonds. The van der Waals surface area contributed by atoms with Gasteiger partial charge in [-0.2, -0.15) is 0 Å². The number of carbonyl (C=O) groups is 4. The second kappa shape index (κ2) is 21.9. The van der Waals surface area contributed by atoms with Crippen LogP contribution in [0.15, 0.2) is 54.7 Å². The summed E-state index contributed by atoms with van der Waals surface area (Å²) in [5.74, 6) is 0.304. The minimum atomic E-state index is -0.818. The van der Waals surface area contributed by atoms with E-state index >= 15 is 0 Å². The number of H-pyrrole nitrogens is 2. The molecule has 4 aromatic rings. The number of hydrogen-bond acceptors (Lipinski definition) is 9. The molecular formula is C45H63ClN8O7. The first-order valence-corrected chi connectivity index (χ1v) is 21.2. The SMILES string of the molecule is CC[C@H](C)N(C(=O)[C@@H](NC(=O)OC)C(C)C)[C@@H](C)c1ncc(-c2ccc(-c3ccc(-c4nc([C@H](C)N(C[C@H](C)COC)C(=O)[C@@H](NC(=O)OC)C(C)C)[nH]c4Cl)cc3)cc2)[nH]1. The molecule has 2 aromatic carbocycles. The Bertz CT molecular complexity index is 2070. The number of hydrogen-bond donors (Lipinski definition) is 4. The number of aromatic nitrogens is 4. The van der Waals surface area contributed by atoms with Gasteiger partial charge in [0.15, 0.2) is 0 Å². The van der Waals surface area contributed by atoms with Crippen LogP contribution >= 0.6 is 11.6 Å². The van der Waals surface area contributed by atoms with Gasteiger partial charge >= 0.3 is 12.2 Å². The molecule has 332 valence electrons. The molecule has 0 spiro atoms. The van der Waals surface area contributed by atoms with E-state index in [2.05, 4.69) is 25.6 Å². The molecule has 4 N–H and O–H groups in total. The number of imidazole rings is 2. The number of halogens is 1. The Morgan fingerprint density at radius 2 is 1.21 bits per heavy atom. The van der Waals surface area contributed by atoms with Gasteiger partial charge in [0.05, 0.1) is 44.8 Å². The molecule has 15 nitrogen and oxygen atoms in total. The first-order chi connectivity index (χ1) is 28.9. The smallest absolute Gasteiger partial charge is 0.407 e. The van der Waals surface area contributed by atoms with Gasteiger partial charge in [-0.25, -0.2) is 19.6 Å². The van der Waals surface area contributed by atoms with E-state index in [0.29, 0.717) is 35.6 Å². The highest BCUT2D eigenvalue weighted by molar-refractivity contribution is 6.31. The lowest BCUT2D eigenvalue weighted by molar-refractivity contribution is -0.139. The molecule has 0 saturated heterocycles. The summed E-state index contributed by atoms with van der Waals surface area (Å²) in [5.41, 5.74) is 5.06. The molecule has 0 bridgehead atoms. The number of rotatable bonds is 19. The summed E-state index contributed by atoms with van der Waals surface area (Å²) in [6.45, 7) is 18.1. The van der Waals surface area contributed by atoms with Crippen LogP contribution < -0.4 is 10.6 Å². The number of benzene rings is 2. The topological polar surface area (TPSA) is 184 Å². The summed E-state index contributed by atoms with van der Waals surface area (Å²) in [5, 5.41) is 5.74. The van der Waals surface area contributed by atoms with Gasteiger partial charge in [0.25, 0.3) is 0 Å². The van der Waals surface area contributed by atoms with Crippen LogP contribution in [0.1, 0.15) is 92.5 Å². The molecular weight excluding hydrogens is 800 g/mol. The van der Waals surface area contributed by atoms with Crippen molar-refractivity contribution in [3.05, 3.63) is 71.5 Å². The van der Waals surface area contributed by atoms with Gasteiger partial charge in [-0.1, -0.05) is 102 Å². The van der Waals surface area contributed by atoms with Crippen LogP contribution in [0.5, 0.6) is 0 Å². The van der Waals surface area contributed by atoms with Crippen LogP contribution in [-0.4, -0.2) is 106 Å². The van der Waals surface area contributed by atoms with Gasteiger partial charge < -0.3 is 44.6 Å². The number of alkyl carbamates (subject to hydrolysis) is 2. The minimum absolute atomic E-state index is 0.000870. The number of nitrogens with zero attached hydrogens (tertiary/aromatic N) is 4. The Morgan fingerprint density at radius 3 is 1.70 bits per heavy atom. The van der Waals surface area contributed by atoms with Gasteiger partial charge in [0, 0.05) is 25.3 Å². The standard InChI is InChI=1S/C45H63ClN8O7/c1-13-28(7)54(43(56)37(26(4)5)51-45(58)61-12)30(9)40-47-22-35(48-40)33-18-14-31(15-19-33)32-16-20-34(21-17-32)38-39(46)52-41(49-38)29(8)53(23-27(6)24-59-10)42(55)36(25(2)3)50-44(57)60-11/h14-22,25-30,36-37H,13,23-24H2,1-12H3,(H,47,48)(H,49,52)(H,50,57)(H,51,58)/t27-,28-,29-,30-,36-,37-/m0/s1. The average molecular weight is 864 g/mol. The average Bonchev–Trinajstić information content (AvgIpc) is 3.90. The first kappa shape index (κ1) is 48.3. The third-order valence-electron chi connectivity index (χ3n) is 11.0. The van der Waals surface area contributed by atoms with E-state index in [4.69, 9.17) is 30.8 Å². The fourth-order valence-electron chi connectivity index (χ4n) is 7.23. The van der Waals surface area contributed by atoms with E-state index < -0.39 is 36.4 Å². The second-order valence-corrected chi connectivity index (χ2v) is 16.6. The Morgan fingerprint density at radius 1 is 0.705 bits per heavy atom. The molecule has 0 aliphatic heterocycles. The summed E-state index contributed by atoms with van der Waals surface area (Å²) in [6, 6.07) is 13.4. The molecule has 4 rings (SSSR count). The summed E-state index contributed by atoms with van der Waals surface area (Å²) in [7, 11) is 4.16. The zero-order valence-electron chi connectivity index (χ0n) is 37.5. The van der Waals surface area contributed by atoms with Crippen molar-refractivity contribution in [3.63, 3.8) is 0 Å². The lowest BCUT2D eigenvalue weighted by Crippen LogP contribution is -2.54. The van der Waals surface area contributed by atoms with Crippen molar-refractivity contribution in [1.29, 1.82) is 0 Å². The third-order valence-corrected chi connectivity index (χ3v) is 11.3. The number of methoxy groups -OCH3 is 3. The number of carbonyl (C=O) groups excluding carboxylic acids is 4. The van der Waals surface area contributed by atoms with Crippen LogP contribution in [0.4, 0.5) is 9.59 Å². The van der Waals surface area contributed by atoms with Crippen LogP contribution in [-0.2, 0) is 23.8 Å². The monoisotopic (exact) mass is 862 g/mol. The third kappa shape index (κ3) is 11.9. The van der Waals surface area contributed by atoms with E-state index in [1.807, 2.05) is 111 Å². The predicted molar refractivity (Wildman–Crippen MR) is 237 cm³/mol. The molecule has 0 unspecified atom stereocenters. The van der Waals surface area contributed by atoms with E-state index in [1.165, 1.54) is 14.2 Å². The molecule has 2 heterocycles. The summed E-state index contributed by atoms with van der Waals surface area (Å²) in [6.07, 6.45) is 1.15.